The second-order valence-electron chi connectivity index (χ2n) is 7.49. The molecule has 160 valence electrons. The maximum Gasteiger partial charge on any atom is 0.257 e. The minimum Gasteiger partial charge on any atom is -0.490 e. The largest absolute Gasteiger partial charge is 0.490 e. The average Bonchev–Trinajstić information content (AvgIpc) is 2.82. The highest BCUT2D eigenvalue weighted by Gasteiger charge is 2.33. The van der Waals surface area contributed by atoms with E-state index >= 15 is 0 Å². The van der Waals surface area contributed by atoms with Crippen LogP contribution in [0.5, 0.6) is 11.5 Å². The van der Waals surface area contributed by atoms with Gasteiger partial charge in [0.05, 0.1) is 5.56 Å². The molecule has 0 bridgehead atoms. The molecule has 0 aliphatic carbocycles. The summed E-state index contributed by atoms with van der Waals surface area (Å²) in [5.41, 5.74) is 2.51. The topological polar surface area (TPSA) is 50.8 Å². The van der Waals surface area contributed by atoms with Crippen molar-refractivity contribution in [1.29, 1.82) is 0 Å². The van der Waals surface area contributed by atoms with Gasteiger partial charge in [-0.05, 0) is 36.8 Å². The maximum absolute atomic E-state index is 13.3. The van der Waals surface area contributed by atoms with E-state index in [4.69, 9.17) is 9.47 Å². The van der Waals surface area contributed by atoms with E-state index in [-0.39, 0.29) is 12.1 Å². The lowest BCUT2D eigenvalue weighted by atomic mass is 10.0. The number of rotatable bonds is 9. The second kappa shape index (κ2) is 10.0. The number of nitrogens with zero attached hydrogens (tertiary/aromatic N) is 1. The minimum absolute atomic E-state index is 0.0509. The van der Waals surface area contributed by atoms with Gasteiger partial charge in [-0.25, -0.2) is 0 Å². The number of unbranched alkanes of at least 4 members (excludes halogenated alkanes) is 1. The summed E-state index contributed by atoms with van der Waals surface area (Å²) in [6, 6.07) is 25.3. The van der Waals surface area contributed by atoms with Gasteiger partial charge in [0.2, 0.25) is 0 Å². The summed E-state index contributed by atoms with van der Waals surface area (Å²) in [6.45, 7) is 3.68. The van der Waals surface area contributed by atoms with Gasteiger partial charge in [0.1, 0.15) is 30.9 Å². The van der Waals surface area contributed by atoms with Gasteiger partial charge in [0.15, 0.2) is 0 Å². The molecule has 0 saturated heterocycles. The molecule has 1 aliphatic rings. The number of para-hydroxylation sites is 3. The molecular weight excluding hydrogens is 388 g/mol. The van der Waals surface area contributed by atoms with E-state index < -0.39 is 0 Å². The van der Waals surface area contributed by atoms with Crippen molar-refractivity contribution >= 4 is 11.6 Å². The average molecular weight is 417 g/mol. The molecule has 31 heavy (non-hydrogen) atoms. The third kappa shape index (κ3) is 4.82. The highest BCUT2D eigenvalue weighted by atomic mass is 16.5. The summed E-state index contributed by atoms with van der Waals surface area (Å²) in [4.78, 5) is 15.2. The number of nitrogens with one attached hydrogen (secondary N) is 1. The van der Waals surface area contributed by atoms with Crippen molar-refractivity contribution in [1.82, 2.24) is 4.90 Å². The molecule has 0 saturated carbocycles. The standard InChI is InChI=1S/C26H28N2O3/c1-2-3-17-28-25(27-23-15-9-7-13-21(23)26(28)29)22-14-8-10-16-24(22)31-19-18-30-20-11-5-4-6-12-20/h4-16,25,27H,2-3,17-19H2,1H3. The summed E-state index contributed by atoms with van der Waals surface area (Å²) in [7, 11) is 0. The molecule has 1 amide bonds. The molecule has 3 aromatic carbocycles. The van der Waals surface area contributed by atoms with E-state index in [1.807, 2.05) is 83.8 Å². The first-order chi connectivity index (χ1) is 15.3. The third-order valence-corrected chi connectivity index (χ3v) is 5.34. The van der Waals surface area contributed by atoms with Crippen molar-refractivity contribution in [3.63, 3.8) is 0 Å². The van der Waals surface area contributed by atoms with Gasteiger partial charge in [-0.2, -0.15) is 0 Å². The molecule has 0 spiro atoms. The Morgan fingerprint density at radius 2 is 1.58 bits per heavy atom. The molecule has 5 heteroatoms. The van der Waals surface area contributed by atoms with E-state index in [2.05, 4.69) is 12.2 Å². The summed E-state index contributed by atoms with van der Waals surface area (Å²) < 4.78 is 11.8. The zero-order valence-electron chi connectivity index (χ0n) is 17.8. The maximum atomic E-state index is 13.3. The second-order valence-corrected chi connectivity index (χ2v) is 7.49. The molecule has 1 N–H and O–H groups in total. The summed E-state index contributed by atoms with van der Waals surface area (Å²) in [5, 5.41) is 3.55. The van der Waals surface area contributed by atoms with E-state index in [0.29, 0.717) is 25.3 Å². The fraction of sp³-hybridized carbons (Fsp3) is 0.269. The van der Waals surface area contributed by atoms with Gasteiger partial charge >= 0.3 is 0 Å². The van der Waals surface area contributed by atoms with Crippen molar-refractivity contribution in [2.24, 2.45) is 0 Å². The lowest BCUT2D eigenvalue weighted by molar-refractivity contribution is 0.0677. The number of anilines is 1. The van der Waals surface area contributed by atoms with E-state index in [0.717, 1.165) is 35.6 Å². The molecule has 0 aromatic heterocycles. The molecule has 1 aliphatic heterocycles. The number of carbonyl (C=O) groups is 1. The van der Waals surface area contributed by atoms with E-state index in [9.17, 15) is 4.79 Å². The quantitative estimate of drug-likeness (QED) is 0.467. The molecule has 1 heterocycles. The minimum atomic E-state index is -0.278. The van der Waals surface area contributed by atoms with Crippen LogP contribution in [0.1, 0.15) is 41.9 Å². The zero-order valence-corrected chi connectivity index (χ0v) is 17.8. The van der Waals surface area contributed by atoms with Gasteiger partial charge in [-0.1, -0.05) is 61.9 Å². The highest BCUT2D eigenvalue weighted by Crippen LogP contribution is 2.36. The molecule has 0 radical (unpaired) electrons. The first-order valence-electron chi connectivity index (χ1n) is 10.8. The van der Waals surface area contributed by atoms with Gasteiger partial charge in [0, 0.05) is 17.8 Å². The van der Waals surface area contributed by atoms with Crippen LogP contribution >= 0.6 is 0 Å². The zero-order chi connectivity index (χ0) is 21.5. The SMILES string of the molecule is CCCCN1C(=O)c2ccccc2NC1c1ccccc1OCCOc1ccccc1. The molecule has 4 rings (SSSR count). The Morgan fingerprint density at radius 3 is 2.42 bits per heavy atom. The van der Waals surface area contributed by atoms with Crippen molar-refractivity contribution in [3.8, 4) is 11.5 Å². The number of carbonyl (C=O) groups excluding carboxylic acids is 1. The lowest BCUT2D eigenvalue weighted by Crippen LogP contribution is -2.43. The number of hydrogen-bond acceptors (Lipinski definition) is 4. The summed E-state index contributed by atoms with van der Waals surface area (Å²) >= 11 is 0. The predicted octanol–water partition coefficient (Wildman–Crippen LogP) is 5.51. The Labute approximate surface area is 183 Å². The smallest absolute Gasteiger partial charge is 0.257 e. The van der Waals surface area contributed by atoms with Crippen molar-refractivity contribution in [3.05, 3.63) is 90.0 Å². The van der Waals surface area contributed by atoms with Gasteiger partial charge in [-0.3, -0.25) is 4.79 Å². The molecule has 3 aromatic rings. The van der Waals surface area contributed by atoms with Crippen LogP contribution in [0.3, 0.4) is 0 Å². The monoisotopic (exact) mass is 416 g/mol. The summed E-state index contributed by atoms with van der Waals surface area (Å²) in [6.07, 6.45) is 1.69. The van der Waals surface area contributed by atoms with Crippen LogP contribution in [0.15, 0.2) is 78.9 Å². The third-order valence-electron chi connectivity index (χ3n) is 5.34. The predicted molar refractivity (Wildman–Crippen MR) is 123 cm³/mol. The normalized spacial score (nSPS) is 15.2. The number of fused-ring (bicyclic) bond motifs is 1. The van der Waals surface area contributed by atoms with Crippen molar-refractivity contribution in [2.45, 2.75) is 25.9 Å². The van der Waals surface area contributed by atoms with E-state index in [1.54, 1.807) is 0 Å². The van der Waals surface area contributed by atoms with Crippen LogP contribution in [-0.2, 0) is 0 Å². The van der Waals surface area contributed by atoms with Gasteiger partial charge in [0.25, 0.3) is 5.91 Å². The number of amides is 1. The van der Waals surface area contributed by atoms with Crippen LogP contribution in [0, 0.1) is 0 Å². The lowest BCUT2D eigenvalue weighted by Gasteiger charge is -2.38. The first-order valence-corrected chi connectivity index (χ1v) is 10.8. The van der Waals surface area contributed by atoms with Crippen LogP contribution in [0.2, 0.25) is 0 Å². The number of benzene rings is 3. The fourth-order valence-corrected chi connectivity index (χ4v) is 3.76. The van der Waals surface area contributed by atoms with Crippen molar-refractivity contribution in [2.75, 3.05) is 25.1 Å². The van der Waals surface area contributed by atoms with Crippen LogP contribution in [0.4, 0.5) is 5.69 Å². The van der Waals surface area contributed by atoms with Crippen LogP contribution in [-0.4, -0.2) is 30.6 Å². The first kappa shape index (κ1) is 20.8. The molecule has 5 nitrogen and oxygen atoms in total. The van der Waals surface area contributed by atoms with Crippen molar-refractivity contribution < 1.29 is 14.3 Å². The summed E-state index contributed by atoms with van der Waals surface area (Å²) in [5.74, 6) is 1.63. The molecule has 1 atom stereocenters. The number of hydrogen-bond donors (Lipinski definition) is 1. The Balaban J connectivity index is 1.52. The Bertz CT molecular complexity index is 1010. The molecule has 0 fully saturated rings. The number of ether oxygens (including phenoxy) is 2. The molecular formula is C26H28N2O3. The van der Waals surface area contributed by atoms with Crippen LogP contribution in [0.25, 0.3) is 0 Å². The Morgan fingerprint density at radius 1 is 0.871 bits per heavy atom. The van der Waals surface area contributed by atoms with Gasteiger partial charge in [-0.15, -0.1) is 0 Å². The fourth-order valence-electron chi connectivity index (χ4n) is 3.76. The van der Waals surface area contributed by atoms with E-state index in [1.165, 1.54) is 0 Å². The Kier molecular flexibility index (Phi) is 6.72. The Hall–Kier alpha value is -3.47. The molecule has 1 unspecified atom stereocenters. The van der Waals surface area contributed by atoms with Gasteiger partial charge < -0.3 is 19.7 Å². The highest BCUT2D eigenvalue weighted by molar-refractivity contribution is 6.01. The van der Waals surface area contributed by atoms with Crippen LogP contribution < -0.4 is 14.8 Å².